The highest BCUT2D eigenvalue weighted by Crippen LogP contribution is 2.22. The van der Waals surface area contributed by atoms with E-state index in [1.807, 2.05) is 31.2 Å². The quantitative estimate of drug-likeness (QED) is 0.677. The van der Waals surface area contributed by atoms with E-state index in [9.17, 15) is 8.78 Å². The van der Waals surface area contributed by atoms with Gasteiger partial charge in [-0.15, -0.1) is 0 Å². The van der Waals surface area contributed by atoms with Crippen molar-refractivity contribution in [2.24, 2.45) is 0 Å². The second-order valence-corrected chi connectivity index (χ2v) is 5.64. The largest absolute Gasteiger partial charge is 0.338 e. The van der Waals surface area contributed by atoms with E-state index in [4.69, 9.17) is 0 Å². The molecule has 4 nitrogen and oxygen atoms in total. The first-order chi connectivity index (χ1) is 12.0. The number of benzene rings is 2. The van der Waals surface area contributed by atoms with E-state index in [1.54, 1.807) is 6.07 Å². The summed E-state index contributed by atoms with van der Waals surface area (Å²) in [7, 11) is 0. The number of hydrogen-bond acceptors (Lipinski definition) is 4. The third-order valence-corrected chi connectivity index (χ3v) is 3.67. The first-order valence-electron chi connectivity index (χ1n) is 7.97. The lowest BCUT2D eigenvalue weighted by Gasteiger charge is -2.11. The smallest absolute Gasteiger partial charge is 0.229 e. The monoisotopic (exact) mass is 340 g/mol. The zero-order chi connectivity index (χ0) is 17.8. The van der Waals surface area contributed by atoms with E-state index in [0.717, 1.165) is 18.2 Å². The summed E-state index contributed by atoms with van der Waals surface area (Å²) in [5.41, 5.74) is 2.97. The number of aryl methyl sites for hydroxylation is 2. The molecule has 0 fully saturated rings. The van der Waals surface area contributed by atoms with Gasteiger partial charge >= 0.3 is 0 Å². The average molecular weight is 340 g/mol. The van der Waals surface area contributed by atoms with Gasteiger partial charge in [-0.2, -0.15) is 4.98 Å². The van der Waals surface area contributed by atoms with Crippen molar-refractivity contribution in [2.45, 2.75) is 20.3 Å². The summed E-state index contributed by atoms with van der Waals surface area (Å²) in [5, 5.41) is 5.98. The van der Waals surface area contributed by atoms with Gasteiger partial charge in [0, 0.05) is 23.5 Å². The van der Waals surface area contributed by atoms with Crippen LogP contribution in [0.25, 0.3) is 0 Å². The van der Waals surface area contributed by atoms with E-state index >= 15 is 0 Å². The average Bonchev–Trinajstić information content (AvgIpc) is 2.58. The second-order valence-electron chi connectivity index (χ2n) is 5.64. The first-order valence-corrected chi connectivity index (χ1v) is 7.97. The maximum atomic E-state index is 13.8. The van der Waals surface area contributed by atoms with Crippen LogP contribution < -0.4 is 10.6 Å². The Morgan fingerprint density at radius 2 is 1.68 bits per heavy atom. The van der Waals surface area contributed by atoms with Crippen molar-refractivity contribution < 1.29 is 8.78 Å². The maximum absolute atomic E-state index is 13.8. The van der Waals surface area contributed by atoms with Gasteiger partial charge in [-0.25, -0.2) is 13.8 Å². The molecule has 0 aliphatic heterocycles. The Labute approximate surface area is 145 Å². The summed E-state index contributed by atoms with van der Waals surface area (Å²) in [5.74, 6) is -0.485. The molecule has 3 aromatic rings. The molecule has 0 bridgehead atoms. The molecule has 1 aromatic heterocycles. The van der Waals surface area contributed by atoms with Crippen LogP contribution >= 0.6 is 0 Å². The zero-order valence-electron chi connectivity index (χ0n) is 14.0. The molecule has 0 radical (unpaired) electrons. The predicted octanol–water partition coefficient (Wildman–Crippen LogP) is 5.11. The highest BCUT2D eigenvalue weighted by molar-refractivity contribution is 5.60. The summed E-state index contributed by atoms with van der Waals surface area (Å²) in [4.78, 5) is 8.67. The Morgan fingerprint density at radius 1 is 0.920 bits per heavy atom. The van der Waals surface area contributed by atoms with E-state index < -0.39 is 11.6 Å². The van der Waals surface area contributed by atoms with Gasteiger partial charge in [0.1, 0.15) is 17.5 Å². The Kier molecular flexibility index (Phi) is 4.88. The van der Waals surface area contributed by atoms with Crippen molar-refractivity contribution in [2.75, 3.05) is 10.6 Å². The molecule has 0 atom stereocenters. The number of nitrogens with one attached hydrogen (secondary N) is 2. The molecule has 0 aliphatic carbocycles. The van der Waals surface area contributed by atoms with Crippen molar-refractivity contribution in [1.82, 2.24) is 9.97 Å². The van der Waals surface area contributed by atoms with Crippen LogP contribution in [0.2, 0.25) is 0 Å². The molecule has 0 saturated carbocycles. The molecule has 0 spiro atoms. The molecule has 0 amide bonds. The maximum Gasteiger partial charge on any atom is 0.229 e. The van der Waals surface area contributed by atoms with E-state index in [0.29, 0.717) is 17.5 Å². The standard InChI is InChI=1S/C19H18F2N4/c1-3-13-4-7-15(8-5-13)23-19-22-12(2)10-18(25-19)24-17-9-6-14(20)11-16(17)21/h4-11H,3H2,1-2H3,(H2,22,23,24,25). The lowest BCUT2D eigenvalue weighted by atomic mass is 10.1. The molecule has 25 heavy (non-hydrogen) atoms. The van der Waals surface area contributed by atoms with Crippen LogP contribution in [0.5, 0.6) is 0 Å². The molecule has 2 N–H and O–H groups in total. The third-order valence-electron chi connectivity index (χ3n) is 3.67. The minimum atomic E-state index is -0.680. The van der Waals surface area contributed by atoms with Crippen molar-refractivity contribution in [3.63, 3.8) is 0 Å². The van der Waals surface area contributed by atoms with Gasteiger partial charge in [-0.1, -0.05) is 19.1 Å². The molecule has 0 unspecified atom stereocenters. The summed E-state index contributed by atoms with van der Waals surface area (Å²) < 4.78 is 26.8. The molecular weight excluding hydrogens is 322 g/mol. The van der Waals surface area contributed by atoms with Crippen LogP contribution in [0.3, 0.4) is 0 Å². The fraction of sp³-hybridized carbons (Fsp3) is 0.158. The van der Waals surface area contributed by atoms with Crippen LogP contribution in [0.4, 0.5) is 31.9 Å². The van der Waals surface area contributed by atoms with Gasteiger partial charge in [0.05, 0.1) is 5.69 Å². The van der Waals surface area contributed by atoms with Gasteiger partial charge in [0.25, 0.3) is 0 Å². The van der Waals surface area contributed by atoms with Gasteiger partial charge < -0.3 is 10.6 Å². The fourth-order valence-electron chi connectivity index (χ4n) is 2.37. The molecule has 6 heteroatoms. The van der Waals surface area contributed by atoms with Crippen molar-refractivity contribution in [1.29, 1.82) is 0 Å². The lowest BCUT2D eigenvalue weighted by Crippen LogP contribution is -2.03. The zero-order valence-corrected chi connectivity index (χ0v) is 14.0. The number of rotatable bonds is 5. The van der Waals surface area contributed by atoms with Crippen molar-refractivity contribution in [3.05, 3.63) is 71.4 Å². The summed E-state index contributed by atoms with van der Waals surface area (Å²) >= 11 is 0. The van der Waals surface area contributed by atoms with E-state index in [2.05, 4.69) is 27.5 Å². The summed E-state index contributed by atoms with van der Waals surface area (Å²) in [6.45, 7) is 3.91. The SMILES string of the molecule is CCc1ccc(Nc2nc(C)cc(Nc3ccc(F)cc3F)n2)cc1. The van der Waals surface area contributed by atoms with Crippen LogP contribution in [0.1, 0.15) is 18.2 Å². The Morgan fingerprint density at radius 3 is 2.36 bits per heavy atom. The third kappa shape index (κ3) is 4.29. The van der Waals surface area contributed by atoms with Gasteiger partial charge in [-0.3, -0.25) is 0 Å². The molecule has 128 valence electrons. The summed E-state index contributed by atoms with van der Waals surface area (Å²) in [6.07, 6.45) is 0.971. The number of anilines is 4. The van der Waals surface area contributed by atoms with Crippen LogP contribution in [-0.4, -0.2) is 9.97 Å². The molecule has 0 saturated heterocycles. The minimum Gasteiger partial charge on any atom is -0.338 e. The van der Waals surface area contributed by atoms with Gasteiger partial charge in [-0.05, 0) is 43.2 Å². The van der Waals surface area contributed by atoms with Crippen molar-refractivity contribution >= 4 is 23.1 Å². The molecule has 3 rings (SSSR count). The number of hydrogen-bond donors (Lipinski definition) is 2. The molecule has 1 heterocycles. The van der Waals surface area contributed by atoms with Crippen LogP contribution in [-0.2, 0) is 6.42 Å². The van der Waals surface area contributed by atoms with Crippen LogP contribution in [0.15, 0.2) is 48.5 Å². The number of nitrogens with zero attached hydrogens (tertiary/aromatic N) is 2. The van der Waals surface area contributed by atoms with Crippen molar-refractivity contribution in [3.8, 4) is 0 Å². The minimum absolute atomic E-state index is 0.151. The summed E-state index contributed by atoms with van der Waals surface area (Å²) in [6, 6.07) is 13.0. The predicted molar refractivity (Wildman–Crippen MR) is 95.5 cm³/mol. The molecule has 0 aliphatic rings. The first kappa shape index (κ1) is 16.8. The Bertz CT molecular complexity index is 879. The second kappa shape index (κ2) is 7.25. The van der Waals surface area contributed by atoms with E-state index in [1.165, 1.54) is 17.7 Å². The number of halogens is 2. The van der Waals surface area contributed by atoms with Gasteiger partial charge in [0.15, 0.2) is 0 Å². The highest BCUT2D eigenvalue weighted by Gasteiger charge is 2.07. The number of aromatic nitrogens is 2. The van der Waals surface area contributed by atoms with Gasteiger partial charge in [0.2, 0.25) is 5.95 Å². The Balaban J connectivity index is 1.82. The Hall–Kier alpha value is -3.02. The lowest BCUT2D eigenvalue weighted by molar-refractivity contribution is 0.586. The topological polar surface area (TPSA) is 49.8 Å². The highest BCUT2D eigenvalue weighted by atomic mass is 19.1. The van der Waals surface area contributed by atoms with Crippen LogP contribution in [0, 0.1) is 18.6 Å². The fourth-order valence-corrected chi connectivity index (χ4v) is 2.37. The normalized spacial score (nSPS) is 10.6. The molecular formula is C19H18F2N4. The molecule has 2 aromatic carbocycles. The van der Waals surface area contributed by atoms with E-state index in [-0.39, 0.29) is 5.69 Å².